The molecule has 0 amide bonds. The third-order valence-corrected chi connectivity index (χ3v) is 3.46. The highest BCUT2D eigenvalue weighted by atomic mass is 15.3. The van der Waals surface area contributed by atoms with Crippen molar-refractivity contribution < 1.29 is 0 Å². The molecule has 0 radical (unpaired) electrons. The van der Waals surface area contributed by atoms with Crippen LogP contribution in [0.3, 0.4) is 0 Å². The Bertz CT molecular complexity index is 550. The van der Waals surface area contributed by atoms with E-state index in [1.54, 1.807) is 18.6 Å². The first-order chi connectivity index (χ1) is 9.36. The van der Waals surface area contributed by atoms with Crippen LogP contribution in [0.4, 0.5) is 5.82 Å². The Kier molecular flexibility index (Phi) is 3.33. The fourth-order valence-corrected chi connectivity index (χ4v) is 2.50. The summed E-state index contributed by atoms with van der Waals surface area (Å²) in [5, 5.41) is 0. The lowest BCUT2D eigenvalue weighted by Gasteiger charge is -2.11. The number of nitrogens with zero attached hydrogens (tertiary/aromatic N) is 4. The molecule has 0 aliphatic heterocycles. The normalized spacial score (nSPS) is 15.6. The van der Waals surface area contributed by atoms with Gasteiger partial charge in [0.1, 0.15) is 11.5 Å². The van der Waals surface area contributed by atoms with Crippen LogP contribution in [-0.4, -0.2) is 19.9 Å². The first kappa shape index (κ1) is 12.0. The summed E-state index contributed by atoms with van der Waals surface area (Å²) >= 11 is 0. The van der Waals surface area contributed by atoms with Gasteiger partial charge in [-0.3, -0.25) is 4.98 Å². The topological polar surface area (TPSA) is 89.6 Å². The van der Waals surface area contributed by atoms with Crippen LogP contribution in [0.25, 0.3) is 11.5 Å². The highest BCUT2D eigenvalue weighted by Crippen LogP contribution is 2.34. The zero-order chi connectivity index (χ0) is 13.1. The van der Waals surface area contributed by atoms with Crippen LogP contribution in [-0.2, 0) is 0 Å². The number of rotatable bonds is 3. The predicted octanol–water partition coefficient (Wildman–Crippen LogP) is 1.88. The van der Waals surface area contributed by atoms with Gasteiger partial charge in [0.15, 0.2) is 5.82 Å². The summed E-state index contributed by atoms with van der Waals surface area (Å²) in [6, 6.07) is 1.93. The smallest absolute Gasteiger partial charge is 0.182 e. The maximum absolute atomic E-state index is 5.49. The zero-order valence-corrected chi connectivity index (χ0v) is 10.6. The molecule has 98 valence electrons. The van der Waals surface area contributed by atoms with E-state index in [1.807, 2.05) is 6.07 Å². The standard InChI is InChI=1S/C13H16N6/c14-19-12-7-10(9-3-1-2-4-9)17-13(18-12)11-8-15-5-6-16-11/h5-9H,1-4,14H2,(H,17,18,19). The van der Waals surface area contributed by atoms with E-state index >= 15 is 0 Å². The van der Waals surface area contributed by atoms with E-state index in [1.165, 1.54) is 25.7 Å². The van der Waals surface area contributed by atoms with E-state index in [2.05, 4.69) is 25.4 Å². The molecule has 6 heteroatoms. The summed E-state index contributed by atoms with van der Waals surface area (Å²) in [5.41, 5.74) is 4.31. The molecule has 0 spiro atoms. The molecular weight excluding hydrogens is 240 g/mol. The molecule has 0 bridgehead atoms. The molecule has 1 aliphatic carbocycles. The van der Waals surface area contributed by atoms with E-state index < -0.39 is 0 Å². The maximum Gasteiger partial charge on any atom is 0.182 e. The Labute approximate surface area is 111 Å². The van der Waals surface area contributed by atoms with Crippen molar-refractivity contribution in [3.05, 3.63) is 30.4 Å². The molecule has 1 aliphatic rings. The van der Waals surface area contributed by atoms with E-state index in [0.29, 0.717) is 23.3 Å². The highest BCUT2D eigenvalue weighted by molar-refractivity contribution is 5.51. The lowest BCUT2D eigenvalue weighted by Crippen LogP contribution is -2.11. The third-order valence-electron chi connectivity index (χ3n) is 3.46. The molecule has 0 saturated heterocycles. The average Bonchev–Trinajstić information content (AvgIpc) is 3.02. The van der Waals surface area contributed by atoms with Crippen LogP contribution >= 0.6 is 0 Å². The SMILES string of the molecule is NNc1cc(C2CCCC2)nc(-c2cnccn2)n1. The molecule has 2 aromatic rings. The van der Waals surface area contributed by atoms with Gasteiger partial charge in [0.05, 0.1) is 6.20 Å². The van der Waals surface area contributed by atoms with Gasteiger partial charge >= 0.3 is 0 Å². The van der Waals surface area contributed by atoms with Gasteiger partial charge in [-0.1, -0.05) is 12.8 Å². The summed E-state index contributed by atoms with van der Waals surface area (Å²) < 4.78 is 0. The fourth-order valence-electron chi connectivity index (χ4n) is 2.50. The largest absolute Gasteiger partial charge is 0.308 e. The lowest BCUT2D eigenvalue weighted by molar-refractivity contribution is 0.695. The first-order valence-electron chi connectivity index (χ1n) is 6.49. The number of hydrogen-bond donors (Lipinski definition) is 2. The second-order valence-electron chi connectivity index (χ2n) is 4.72. The number of anilines is 1. The average molecular weight is 256 g/mol. The molecule has 0 aromatic carbocycles. The summed E-state index contributed by atoms with van der Waals surface area (Å²) in [5.74, 6) is 7.19. The molecule has 3 N–H and O–H groups in total. The summed E-state index contributed by atoms with van der Waals surface area (Å²) in [7, 11) is 0. The van der Waals surface area contributed by atoms with Crippen LogP contribution in [0.5, 0.6) is 0 Å². The molecule has 1 saturated carbocycles. The Morgan fingerprint density at radius 1 is 1.16 bits per heavy atom. The minimum atomic E-state index is 0.505. The Morgan fingerprint density at radius 3 is 2.68 bits per heavy atom. The van der Waals surface area contributed by atoms with Crippen molar-refractivity contribution in [2.45, 2.75) is 31.6 Å². The van der Waals surface area contributed by atoms with Gasteiger partial charge in [-0.2, -0.15) is 0 Å². The summed E-state index contributed by atoms with van der Waals surface area (Å²) in [4.78, 5) is 17.3. The lowest BCUT2D eigenvalue weighted by atomic mass is 10.0. The number of hydrogen-bond acceptors (Lipinski definition) is 6. The van der Waals surface area contributed by atoms with E-state index in [-0.39, 0.29) is 0 Å². The van der Waals surface area contributed by atoms with Crippen molar-refractivity contribution in [3.63, 3.8) is 0 Å². The number of hydrazine groups is 1. The van der Waals surface area contributed by atoms with Crippen LogP contribution in [0.1, 0.15) is 37.3 Å². The van der Waals surface area contributed by atoms with Crippen molar-refractivity contribution in [1.82, 2.24) is 19.9 Å². The highest BCUT2D eigenvalue weighted by Gasteiger charge is 2.20. The fraction of sp³-hybridized carbons (Fsp3) is 0.385. The second kappa shape index (κ2) is 5.27. The number of nitrogens with one attached hydrogen (secondary N) is 1. The summed E-state index contributed by atoms with van der Waals surface area (Å²) in [6.07, 6.45) is 9.82. The monoisotopic (exact) mass is 256 g/mol. The van der Waals surface area contributed by atoms with E-state index in [0.717, 1.165) is 5.69 Å². The zero-order valence-electron chi connectivity index (χ0n) is 10.6. The van der Waals surface area contributed by atoms with Crippen molar-refractivity contribution >= 4 is 5.82 Å². The molecule has 19 heavy (non-hydrogen) atoms. The molecule has 1 fully saturated rings. The predicted molar refractivity (Wildman–Crippen MR) is 72.1 cm³/mol. The van der Waals surface area contributed by atoms with Crippen LogP contribution < -0.4 is 11.3 Å². The van der Waals surface area contributed by atoms with Crippen LogP contribution in [0.2, 0.25) is 0 Å². The van der Waals surface area contributed by atoms with Crippen molar-refractivity contribution in [3.8, 4) is 11.5 Å². The second-order valence-corrected chi connectivity index (χ2v) is 4.72. The van der Waals surface area contributed by atoms with Crippen molar-refractivity contribution in [2.75, 3.05) is 5.43 Å². The van der Waals surface area contributed by atoms with Crippen LogP contribution in [0.15, 0.2) is 24.7 Å². The van der Waals surface area contributed by atoms with Gasteiger partial charge in [-0.05, 0) is 12.8 Å². The minimum absolute atomic E-state index is 0.505. The molecule has 2 heterocycles. The molecule has 0 atom stereocenters. The van der Waals surface area contributed by atoms with Gasteiger partial charge < -0.3 is 5.43 Å². The number of nitrogen functional groups attached to an aromatic ring is 1. The van der Waals surface area contributed by atoms with Gasteiger partial charge in [-0.15, -0.1) is 0 Å². The minimum Gasteiger partial charge on any atom is -0.308 e. The molecule has 3 rings (SSSR count). The number of aromatic nitrogens is 4. The molecule has 6 nitrogen and oxygen atoms in total. The van der Waals surface area contributed by atoms with Gasteiger partial charge in [0.2, 0.25) is 0 Å². The Balaban J connectivity index is 2.02. The van der Waals surface area contributed by atoms with Gasteiger partial charge in [-0.25, -0.2) is 20.8 Å². The van der Waals surface area contributed by atoms with Crippen molar-refractivity contribution in [2.24, 2.45) is 5.84 Å². The maximum atomic E-state index is 5.49. The molecule has 2 aromatic heterocycles. The Hall–Kier alpha value is -2.08. The quantitative estimate of drug-likeness (QED) is 0.643. The Morgan fingerprint density at radius 2 is 2.00 bits per heavy atom. The molecular formula is C13H16N6. The van der Waals surface area contributed by atoms with Crippen LogP contribution in [0, 0.1) is 0 Å². The number of nitrogens with two attached hydrogens (primary N) is 1. The van der Waals surface area contributed by atoms with Gasteiger partial charge in [0.25, 0.3) is 0 Å². The van der Waals surface area contributed by atoms with E-state index in [4.69, 9.17) is 5.84 Å². The van der Waals surface area contributed by atoms with Crippen molar-refractivity contribution in [1.29, 1.82) is 0 Å². The van der Waals surface area contributed by atoms with Gasteiger partial charge in [0, 0.05) is 30.1 Å². The van der Waals surface area contributed by atoms with E-state index in [9.17, 15) is 0 Å². The first-order valence-corrected chi connectivity index (χ1v) is 6.49. The summed E-state index contributed by atoms with van der Waals surface area (Å²) in [6.45, 7) is 0. The molecule has 0 unspecified atom stereocenters. The third kappa shape index (κ3) is 2.53.